The summed E-state index contributed by atoms with van der Waals surface area (Å²) >= 11 is 3.25. The van der Waals surface area contributed by atoms with Crippen LogP contribution in [-0.4, -0.2) is 17.4 Å². The smallest absolute Gasteiger partial charge is 0.255 e. The maximum atomic E-state index is 13.3. The third-order valence-electron chi connectivity index (χ3n) is 3.09. The lowest BCUT2D eigenvalue weighted by atomic mass is 10.1. The van der Waals surface area contributed by atoms with E-state index in [1.165, 1.54) is 35.2 Å². The molecule has 0 radical (unpaired) electrons. The number of rotatable bonds is 4. The van der Waals surface area contributed by atoms with Crippen LogP contribution >= 0.6 is 15.9 Å². The molecule has 110 valence electrons. The number of carbonyl (C=O) groups is 1. The summed E-state index contributed by atoms with van der Waals surface area (Å²) in [6, 6.07) is 10.1. The molecule has 0 heterocycles. The van der Waals surface area contributed by atoms with Crippen molar-refractivity contribution < 1.29 is 13.6 Å². The monoisotopic (exact) mass is 353 g/mol. The van der Waals surface area contributed by atoms with Gasteiger partial charge in [-0.3, -0.25) is 4.79 Å². The molecule has 0 N–H and O–H groups in total. The van der Waals surface area contributed by atoms with Crippen LogP contribution < -0.4 is 0 Å². The minimum Gasteiger partial charge on any atom is -0.335 e. The predicted octanol–water partition coefficient (Wildman–Crippen LogP) is 4.39. The second-order valence-corrected chi connectivity index (χ2v) is 5.43. The molecular weight excluding hydrogens is 340 g/mol. The summed E-state index contributed by atoms with van der Waals surface area (Å²) in [4.78, 5) is 14.0. The maximum absolute atomic E-state index is 13.3. The van der Waals surface area contributed by atoms with E-state index in [1.807, 2.05) is 6.92 Å². The molecule has 21 heavy (non-hydrogen) atoms. The fraction of sp³-hybridized carbons (Fsp3) is 0.188. The Morgan fingerprint density at radius 1 is 1.14 bits per heavy atom. The summed E-state index contributed by atoms with van der Waals surface area (Å²) in [6.07, 6.45) is 0. The van der Waals surface area contributed by atoms with Gasteiger partial charge in [0.25, 0.3) is 5.91 Å². The molecule has 2 aromatic carbocycles. The van der Waals surface area contributed by atoms with Crippen LogP contribution in [0.2, 0.25) is 0 Å². The molecule has 0 aliphatic carbocycles. The van der Waals surface area contributed by atoms with Gasteiger partial charge in [0.1, 0.15) is 11.6 Å². The summed E-state index contributed by atoms with van der Waals surface area (Å²) < 4.78 is 27.0. The molecule has 0 spiro atoms. The summed E-state index contributed by atoms with van der Waals surface area (Å²) in [6.45, 7) is 2.54. The molecule has 0 atom stereocenters. The van der Waals surface area contributed by atoms with Crippen LogP contribution in [0, 0.1) is 11.6 Å². The van der Waals surface area contributed by atoms with Crippen LogP contribution in [0.1, 0.15) is 22.8 Å². The van der Waals surface area contributed by atoms with Crippen molar-refractivity contribution in [2.24, 2.45) is 0 Å². The first-order valence-corrected chi connectivity index (χ1v) is 7.29. The first-order chi connectivity index (χ1) is 10.0. The highest BCUT2D eigenvalue weighted by Crippen LogP contribution is 2.20. The van der Waals surface area contributed by atoms with Crippen molar-refractivity contribution in [2.75, 3.05) is 6.54 Å². The highest BCUT2D eigenvalue weighted by Gasteiger charge is 2.18. The highest BCUT2D eigenvalue weighted by atomic mass is 79.9. The molecular formula is C16H14BrF2NO. The second kappa shape index (κ2) is 6.80. The van der Waals surface area contributed by atoms with Crippen molar-refractivity contribution in [3.05, 3.63) is 69.7 Å². The minimum atomic E-state index is -0.469. The molecule has 0 aromatic heterocycles. The summed E-state index contributed by atoms with van der Waals surface area (Å²) in [7, 11) is 0. The topological polar surface area (TPSA) is 20.3 Å². The summed E-state index contributed by atoms with van der Waals surface area (Å²) in [5, 5.41) is 0. The van der Waals surface area contributed by atoms with Crippen molar-refractivity contribution >= 4 is 21.8 Å². The Morgan fingerprint density at radius 3 is 2.52 bits per heavy atom. The zero-order chi connectivity index (χ0) is 15.4. The number of benzene rings is 2. The molecule has 2 rings (SSSR count). The van der Waals surface area contributed by atoms with Crippen molar-refractivity contribution in [1.82, 2.24) is 4.90 Å². The van der Waals surface area contributed by atoms with Crippen LogP contribution in [0.15, 0.2) is 46.9 Å². The Hall–Kier alpha value is -1.75. The minimum absolute atomic E-state index is 0.258. The molecule has 0 aliphatic heterocycles. The van der Waals surface area contributed by atoms with Gasteiger partial charge in [0.15, 0.2) is 0 Å². The summed E-state index contributed by atoms with van der Waals surface area (Å²) in [5.74, 6) is -1.11. The van der Waals surface area contributed by atoms with Crippen LogP contribution in [0.3, 0.4) is 0 Å². The number of hydrogen-bond acceptors (Lipinski definition) is 1. The Balaban J connectivity index is 2.24. The lowest BCUT2D eigenvalue weighted by molar-refractivity contribution is 0.0751. The number of nitrogens with zero attached hydrogens (tertiary/aromatic N) is 1. The fourth-order valence-electron chi connectivity index (χ4n) is 2.01. The van der Waals surface area contributed by atoms with Gasteiger partial charge in [0, 0.05) is 17.6 Å². The van der Waals surface area contributed by atoms with Gasteiger partial charge in [-0.05, 0) is 58.7 Å². The summed E-state index contributed by atoms with van der Waals surface area (Å²) in [5.41, 5.74) is 0.950. The molecule has 0 unspecified atom stereocenters. The van der Waals surface area contributed by atoms with E-state index in [2.05, 4.69) is 15.9 Å². The van der Waals surface area contributed by atoms with Crippen LogP contribution in [0.4, 0.5) is 8.78 Å². The molecule has 0 saturated heterocycles. The van der Waals surface area contributed by atoms with Crippen molar-refractivity contribution in [3.63, 3.8) is 0 Å². The predicted molar refractivity (Wildman–Crippen MR) is 80.9 cm³/mol. The number of amides is 1. The normalized spacial score (nSPS) is 10.5. The Bertz CT molecular complexity index is 660. The average Bonchev–Trinajstić information content (AvgIpc) is 2.46. The standard InChI is InChI=1S/C16H14BrF2NO/c1-2-20(10-11-4-3-5-12(18)8-11)16(21)14-9-13(19)6-7-15(14)17/h3-9H,2,10H2,1H3. The average molecular weight is 354 g/mol. The Morgan fingerprint density at radius 2 is 1.86 bits per heavy atom. The molecule has 0 saturated carbocycles. The van der Waals surface area contributed by atoms with E-state index in [0.29, 0.717) is 16.6 Å². The maximum Gasteiger partial charge on any atom is 0.255 e. The number of hydrogen-bond donors (Lipinski definition) is 0. The molecule has 0 fully saturated rings. The molecule has 0 bridgehead atoms. The largest absolute Gasteiger partial charge is 0.335 e. The van der Waals surface area contributed by atoms with Crippen molar-refractivity contribution in [3.8, 4) is 0 Å². The van der Waals surface area contributed by atoms with E-state index < -0.39 is 5.82 Å². The van der Waals surface area contributed by atoms with Crippen LogP contribution in [-0.2, 0) is 6.54 Å². The Kier molecular flexibility index (Phi) is 5.07. The zero-order valence-electron chi connectivity index (χ0n) is 11.4. The van der Waals surface area contributed by atoms with Gasteiger partial charge in [-0.25, -0.2) is 8.78 Å². The SMILES string of the molecule is CCN(Cc1cccc(F)c1)C(=O)c1cc(F)ccc1Br. The van der Waals surface area contributed by atoms with Gasteiger partial charge in [-0.1, -0.05) is 12.1 Å². The first kappa shape index (κ1) is 15.6. The highest BCUT2D eigenvalue weighted by molar-refractivity contribution is 9.10. The van der Waals surface area contributed by atoms with E-state index >= 15 is 0 Å². The number of carbonyl (C=O) groups excluding carboxylic acids is 1. The van der Waals surface area contributed by atoms with E-state index in [1.54, 1.807) is 12.1 Å². The van der Waals surface area contributed by atoms with Crippen LogP contribution in [0.5, 0.6) is 0 Å². The van der Waals surface area contributed by atoms with Gasteiger partial charge < -0.3 is 4.90 Å². The fourth-order valence-corrected chi connectivity index (χ4v) is 2.43. The van der Waals surface area contributed by atoms with Gasteiger partial charge in [-0.2, -0.15) is 0 Å². The van der Waals surface area contributed by atoms with E-state index in [4.69, 9.17) is 0 Å². The van der Waals surface area contributed by atoms with E-state index in [0.717, 1.165) is 0 Å². The van der Waals surface area contributed by atoms with Gasteiger partial charge in [-0.15, -0.1) is 0 Å². The van der Waals surface area contributed by atoms with Gasteiger partial charge in [0.05, 0.1) is 5.56 Å². The quantitative estimate of drug-likeness (QED) is 0.798. The Labute approximate surface area is 130 Å². The lowest BCUT2D eigenvalue weighted by Gasteiger charge is -2.21. The first-order valence-electron chi connectivity index (χ1n) is 6.50. The van der Waals surface area contributed by atoms with Gasteiger partial charge in [0.2, 0.25) is 0 Å². The van der Waals surface area contributed by atoms with Crippen LogP contribution in [0.25, 0.3) is 0 Å². The molecule has 2 aromatic rings. The lowest BCUT2D eigenvalue weighted by Crippen LogP contribution is -2.30. The van der Waals surface area contributed by atoms with Crippen molar-refractivity contribution in [1.29, 1.82) is 0 Å². The zero-order valence-corrected chi connectivity index (χ0v) is 13.0. The van der Waals surface area contributed by atoms with E-state index in [-0.39, 0.29) is 23.8 Å². The third kappa shape index (κ3) is 3.88. The second-order valence-electron chi connectivity index (χ2n) is 4.57. The van der Waals surface area contributed by atoms with Gasteiger partial charge >= 0.3 is 0 Å². The third-order valence-corrected chi connectivity index (χ3v) is 3.78. The number of halogens is 3. The van der Waals surface area contributed by atoms with Crippen molar-refractivity contribution in [2.45, 2.75) is 13.5 Å². The molecule has 5 heteroatoms. The molecule has 1 amide bonds. The molecule has 2 nitrogen and oxygen atoms in total. The molecule has 0 aliphatic rings. The van der Waals surface area contributed by atoms with E-state index in [9.17, 15) is 13.6 Å².